The summed E-state index contributed by atoms with van der Waals surface area (Å²) in [7, 11) is 0. The van der Waals surface area contributed by atoms with E-state index in [4.69, 9.17) is 22.1 Å². The fraction of sp³-hybridized carbons (Fsp3) is 0.533. The number of rotatable bonds is 6. The first kappa shape index (κ1) is 15.0. The van der Waals surface area contributed by atoms with Crippen molar-refractivity contribution in [3.63, 3.8) is 0 Å². The fourth-order valence-corrected chi connectivity index (χ4v) is 2.22. The molecule has 5 heteroatoms. The molecule has 3 N–H and O–H groups in total. The smallest absolute Gasteiger partial charge is 0.188 e. The van der Waals surface area contributed by atoms with E-state index in [1.54, 1.807) is 6.07 Å². The summed E-state index contributed by atoms with van der Waals surface area (Å²) in [5.74, 6) is 2.02. The molecule has 0 aliphatic heterocycles. The predicted octanol–water partition coefficient (Wildman–Crippen LogP) is 2.81. The van der Waals surface area contributed by atoms with Gasteiger partial charge in [0.05, 0.1) is 6.54 Å². The minimum atomic E-state index is -0.0440. The van der Waals surface area contributed by atoms with Crippen molar-refractivity contribution in [1.29, 1.82) is 0 Å². The molecule has 1 saturated carbocycles. The summed E-state index contributed by atoms with van der Waals surface area (Å²) >= 11 is 5.91. The number of guanidine groups is 1. The first-order valence-corrected chi connectivity index (χ1v) is 7.47. The van der Waals surface area contributed by atoms with Crippen LogP contribution < -0.4 is 15.8 Å². The van der Waals surface area contributed by atoms with E-state index in [0.717, 1.165) is 18.2 Å². The Bertz CT molecular complexity index is 460. The lowest BCUT2D eigenvalue weighted by Gasteiger charge is -2.25. The molecule has 0 radical (unpaired) electrons. The molecular weight excluding hydrogens is 274 g/mol. The topological polar surface area (TPSA) is 59.6 Å². The summed E-state index contributed by atoms with van der Waals surface area (Å²) in [5.41, 5.74) is 5.83. The molecule has 1 aromatic carbocycles. The summed E-state index contributed by atoms with van der Waals surface area (Å²) < 4.78 is 5.73. The van der Waals surface area contributed by atoms with Crippen LogP contribution in [-0.2, 0) is 0 Å². The molecule has 0 amide bonds. The zero-order valence-corrected chi connectivity index (χ0v) is 12.6. The monoisotopic (exact) mass is 295 g/mol. The molecule has 0 heterocycles. The quantitative estimate of drug-likeness (QED) is 0.627. The van der Waals surface area contributed by atoms with Crippen molar-refractivity contribution in [2.45, 2.75) is 32.3 Å². The summed E-state index contributed by atoms with van der Waals surface area (Å²) in [5, 5.41) is 3.83. The van der Waals surface area contributed by atoms with Gasteiger partial charge in [-0.3, -0.25) is 0 Å². The molecule has 1 aromatic rings. The zero-order valence-electron chi connectivity index (χ0n) is 11.8. The number of aliphatic imine (C=N–C) groups is 1. The van der Waals surface area contributed by atoms with Gasteiger partial charge in [-0.05, 0) is 43.9 Å². The van der Waals surface area contributed by atoms with E-state index in [0.29, 0.717) is 17.5 Å². The number of ether oxygens (including phenoxy) is 1. The van der Waals surface area contributed by atoms with Gasteiger partial charge in [-0.1, -0.05) is 24.1 Å². The van der Waals surface area contributed by atoms with Crippen molar-refractivity contribution < 1.29 is 4.74 Å². The molecule has 4 nitrogen and oxygen atoms in total. The van der Waals surface area contributed by atoms with Crippen LogP contribution in [0.25, 0.3) is 0 Å². The van der Waals surface area contributed by atoms with Gasteiger partial charge in [-0.15, -0.1) is 0 Å². The minimum Gasteiger partial charge on any atom is -0.489 e. The van der Waals surface area contributed by atoms with Crippen LogP contribution >= 0.6 is 11.6 Å². The lowest BCUT2D eigenvalue weighted by molar-refractivity contribution is 0.230. The van der Waals surface area contributed by atoms with Crippen LogP contribution in [0.4, 0.5) is 0 Å². The van der Waals surface area contributed by atoms with Gasteiger partial charge in [-0.2, -0.15) is 0 Å². The Morgan fingerprint density at radius 1 is 1.55 bits per heavy atom. The second-order valence-corrected chi connectivity index (χ2v) is 5.73. The summed E-state index contributed by atoms with van der Waals surface area (Å²) in [6.07, 6.45) is 3.90. The van der Waals surface area contributed by atoms with E-state index in [2.05, 4.69) is 10.3 Å². The van der Waals surface area contributed by atoms with Crippen LogP contribution in [0.3, 0.4) is 0 Å². The standard InChI is InChI=1S/C15H22ClN3O/c1-11(20-14-7-3-6-13(16)8-14)9-18-15(17)19-10-12-4-2-5-12/h3,6-8,11-12H,2,4-5,9-10H2,1H3,(H3,17,18,19). The van der Waals surface area contributed by atoms with E-state index in [1.807, 2.05) is 25.1 Å². The van der Waals surface area contributed by atoms with E-state index >= 15 is 0 Å². The zero-order chi connectivity index (χ0) is 14.4. The van der Waals surface area contributed by atoms with Gasteiger partial charge in [0.15, 0.2) is 5.96 Å². The van der Waals surface area contributed by atoms with Crippen molar-refractivity contribution in [2.75, 3.05) is 13.1 Å². The molecule has 1 unspecified atom stereocenters. The van der Waals surface area contributed by atoms with Crippen molar-refractivity contribution in [2.24, 2.45) is 16.6 Å². The van der Waals surface area contributed by atoms with Crippen LogP contribution in [-0.4, -0.2) is 25.2 Å². The molecule has 1 aliphatic rings. The number of hydrogen-bond acceptors (Lipinski definition) is 2. The van der Waals surface area contributed by atoms with Gasteiger partial charge in [0, 0.05) is 11.6 Å². The molecule has 0 aromatic heterocycles. The largest absolute Gasteiger partial charge is 0.489 e. The number of nitrogens with zero attached hydrogens (tertiary/aromatic N) is 1. The van der Waals surface area contributed by atoms with Gasteiger partial charge in [0.25, 0.3) is 0 Å². The van der Waals surface area contributed by atoms with Crippen molar-refractivity contribution >= 4 is 17.6 Å². The Morgan fingerprint density at radius 2 is 2.35 bits per heavy atom. The number of halogens is 1. The molecule has 2 rings (SSSR count). The lowest BCUT2D eigenvalue weighted by atomic mass is 9.85. The second-order valence-electron chi connectivity index (χ2n) is 5.29. The maximum atomic E-state index is 5.91. The first-order valence-electron chi connectivity index (χ1n) is 7.09. The maximum absolute atomic E-state index is 5.91. The molecule has 110 valence electrons. The Labute approximate surface area is 125 Å². The summed E-state index contributed by atoms with van der Waals surface area (Å²) in [6.45, 7) is 3.42. The average Bonchev–Trinajstić information content (AvgIpc) is 2.34. The number of nitrogens with one attached hydrogen (secondary N) is 1. The Balaban J connectivity index is 1.71. The molecular formula is C15H22ClN3O. The lowest BCUT2D eigenvalue weighted by Crippen LogP contribution is -2.37. The second kappa shape index (κ2) is 7.39. The van der Waals surface area contributed by atoms with E-state index in [-0.39, 0.29) is 6.10 Å². The fourth-order valence-electron chi connectivity index (χ4n) is 2.04. The van der Waals surface area contributed by atoms with Crippen LogP contribution in [0.5, 0.6) is 5.75 Å². The molecule has 1 aliphatic carbocycles. The van der Waals surface area contributed by atoms with Crippen molar-refractivity contribution in [3.8, 4) is 5.75 Å². The van der Waals surface area contributed by atoms with E-state index < -0.39 is 0 Å². The molecule has 0 bridgehead atoms. The summed E-state index contributed by atoms with van der Waals surface area (Å²) in [4.78, 5) is 4.30. The van der Waals surface area contributed by atoms with Gasteiger partial charge in [-0.25, -0.2) is 4.99 Å². The highest BCUT2D eigenvalue weighted by atomic mass is 35.5. The van der Waals surface area contributed by atoms with Gasteiger partial charge >= 0.3 is 0 Å². The summed E-state index contributed by atoms with van der Waals surface area (Å²) in [6, 6.07) is 7.35. The normalized spacial score (nSPS) is 17.4. The van der Waals surface area contributed by atoms with Crippen LogP contribution in [0, 0.1) is 5.92 Å². The van der Waals surface area contributed by atoms with Gasteiger partial charge in [0.1, 0.15) is 11.9 Å². The Hall–Kier alpha value is -1.42. The van der Waals surface area contributed by atoms with Crippen LogP contribution in [0.2, 0.25) is 5.02 Å². The highest BCUT2D eigenvalue weighted by Gasteiger charge is 2.16. The third-order valence-corrected chi connectivity index (χ3v) is 3.68. The van der Waals surface area contributed by atoms with Gasteiger partial charge < -0.3 is 15.8 Å². The highest BCUT2D eigenvalue weighted by molar-refractivity contribution is 6.30. The number of hydrogen-bond donors (Lipinski definition) is 2. The van der Waals surface area contributed by atoms with Crippen molar-refractivity contribution in [1.82, 2.24) is 5.32 Å². The van der Waals surface area contributed by atoms with Gasteiger partial charge in [0.2, 0.25) is 0 Å². The highest BCUT2D eigenvalue weighted by Crippen LogP contribution is 2.25. The van der Waals surface area contributed by atoms with Crippen molar-refractivity contribution in [3.05, 3.63) is 29.3 Å². The van der Waals surface area contributed by atoms with Crippen LogP contribution in [0.1, 0.15) is 26.2 Å². The first-order chi connectivity index (χ1) is 9.63. The predicted molar refractivity (Wildman–Crippen MR) is 83.4 cm³/mol. The number of nitrogens with two attached hydrogens (primary N) is 1. The third-order valence-electron chi connectivity index (χ3n) is 3.45. The molecule has 20 heavy (non-hydrogen) atoms. The molecule has 1 fully saturated rings. The molecule has 1 atom stereocenters. The van der Waals surface area contributed by atoms with Crippen LogP contribution in [0.15, 0.2) is 29.3 Å². The Morgan fingerprint density at radius 3 is 3.00 bits per heavy atom. The Kier molecular flexibility index (Phi) is 5.53. The average molecular weight is 296 g/mol. The molecule has 0 saturated heterocycles. The SMILES string of the molecule is CC(CN=C(N)NCC1CCC1)Oc1cccc(Cl)c1. The third kappa shape index (κ3) is 4.93. The minimum absolute atomic E-state index is 0.0440. The molecule has 0 spiro atoms. The maximum Gasteiger partial charge on any atom is 0.188 e. The number of benzene rings is 1. The van der Waals surface area contributed by atoms with E-state index in [1.165, 1.54) is 19.3 Å². The van der Waals surface area contributed by atoms with E-state index in [9.17, 15) is 0 Å².